The second-order valence-corrected chi connectivity index (χ2v) is 5.94. The van der Waals surface area contributed by atoms with Gasteiger partial charge in [0.2, 0.25) is 0 Å². The third-order valence-electron chi connectivity index (χ3n) is 3.36. The van der Waals surface area contributed by atoms with E-state index < -0.39 is 0 Å². The van der Waals surface area contributed by atoms with Gasteiger partial charge in [0.15, 0.2) is 5.16 Å². The van der Waals surface area contributed by atoms with Gasteiger partial charge in [-0.3, -0.25) is 0 Å². The number of nitrogens with zero attached hydrogens (tertiary/aromatic N) is 4. The molecule has 0 radical (unpaired) electrons. The van der Waals surface area contributed by atoms with Crippen LogP contribution in [0.5, 0.6) is 0 Å². The lowest BCUT2D eigenvalue weighted by Crippen LogP contribution is -2.06. The lowest BCUT2D eigenvalue weighted by Gasteiger charge is -2.12. The number of hydrogen-bond acceptors (Lipinski definition) is 6. The minimum absolute atomic E-state index is 0.735. The van der Waals surface area contributed by atoms with Crippen molar-refractivity contribution in [3.8, 4) is 0 Å². The maximum absolute atomic E-state index is 4.55. The van der Waals surface area contributed by atoms with Crippen LogP contribution in [-0.2, 0) is 0 Å². The van der Waals surface area contributed by atoms with Crippen molar-refractivity contribution in [3.63, 3.8) is 0 Å². The van der Waals surface area contributed by atoms with Gasteiger partial charge in [-0.2, -0.15) is 0 Å². The van der Waals surface area contributed by atoms with E-state index in [4.69, 9.17) is 0 Å². The Morgan fingerprint density at radius 1 is 0.857 bits per heavy atom. The molecule has 21 heavy (non-hydrogen) atoms. The van der Waals surface area contributed by atoms with Crippen molar-refractivity contribution in [3.05, 3.63) is 28.3 Å². The van der Waals surface area contributed by atoms with Crippen molar-refractivity contribution in [2.24, 2.45) is 0 Å². The molecule has 0 atom stereocenters. The predicted molar refractivity (Wildman–Crippen MR) is 86.0 cm³/mol. The minimum Gasteiger partial charge on any atom is -0.370 e. The fourth-order valence-electron chi connectivity index (χ4n) is 1.92. The summed E-state index contributed by atoms with van der Waals surface area (Å²) in [4.78, 5) is 18.1. The predicted octanol–water partition coefficient (Wildman–Crippen LogP) is 3.39. The molecule has 0 spiro atoms. The summed E-state index contributed by atoms with van der Waals surface area (Å²) in [6.07, 6.45) is 0. The van der Waals surface area contributed by atoms with Crippen LogP contribution in [0.3, 0.4) is 0 Å². The lowest BCUT2D eigenvalue weighted by atomic mass is 10.2. The zero-order valence-corrected chi connectivity index (χ0v) is 14.2. The van der Waals surface area contributed by atoms with Crippen molar-refractivity contribution in [2.75, 3.05) is 11.9 Å². The Morgan fingerprint density at radius 2 is 1.48 bits per heavy atom. The lowest BCUT2D eigenvalue weighted by molar-refractivity contribution is 0.870. The molecule has 0 saturated heterocycles. The number of anilines is 1. The monoisotopic (exact) mass is 303 g/mol. The van der Waals surface area contributed by atoms with Crippen LogP contribution in [-0.4, -0.2) is 26.5 Å². The molecule has 0 fully saturated rings. The van der Waals surface area contributed by atoms with Gasteiger partial charge in [-0.25, -0.2) is 19.9 Å². The third kappa shape index (κ3) is 3.50. The van der Waals surface area contributed by atoms with E-state index in [-0.39, 0.29) is 0 Å². The molecule has 2 rings (SSSR count). The van der Waals surface area contributed by atoms with Crippen LogP contribution in [0.2, 0.25) is 0 Å². The number of aryl methyl sites for hydroxylation is 3. The first-order chi connectivity index (χ1) is 9.92. The van der Waals surface area contributed by atoms with Crippen LogP contribution in [0, 0.1) is 34.6 Å². The molecule has 5 nitrogen and oxygen atoms in total. The van der Waals surface area contributed by atoms with E-state index in [2.05, 4.69) is 32.2 Å². The van der Waals surface area contributed by atoms with Crippen LogP contribution in [0.25, 0.3) is 0 Å². The molecule has 0 bridgehead atoms. The SMILES string of the molecule is CCNc1nc(C)nc(Sc2nc(C)c(C)c(C)n2)c1C. The summed E-state index contributed by atoms with van der Waals surface area (Å²) in [5, 5.41) is 4.91. The third-order valence-corrected chi connectivity index (χ3v) is 4.31. The highest BCUT2D eigenvalue weighted by Crippen LogP contribution is 2.29. The van der Waals surface area contributed by atoms with Gasteiger partial charge in [0.05, 0.1) is 0 Å². The Labute approximate surface area is 130 Å². The molecule has 0 saturated carbocycles. The molecule has 0 aliphatic rings. The average molecular weight is 303 g/mol. The molecule has 6 heteroatoms. The van der Waals surface area contributed by atoms with E-state index >= 15 is 0 Å². The molecule has 0 aromatic carbocycles. The second-order valence-electron chi connectivity index (χ2n) is 4.98. The van der Waals surface area contributed by atoms with Gasteiger partial charge in [-0.05, 0) is 58.9 Å². The van der Waals surface area contributed by atoms with Crippen molar-refractivity contribution >= 4 is 17.6 Å². The van der Waals surface area contributed by atoms with Crippen LogP contribution >= 0.6 is 11.8 Å². The van der Waals surface area contributed by atoms with Gasteiger partial charge < -0.3 is 5.32 Å². The Balaban J connectivity index is 2.39. The molecule has 112 valence electrons. The quantitative estimate of drug-likeness (QED) is 0.690. The summed E-state index contributed by atoms with van der Waals surface area (Å²) in [6, 6.07) is 0. The van der Waals surface area contributed by atoms with Crippen molar-refractivity contribution < 1.29 is 0 Å². The summed E-state index contributed by atoms with van der Waals surface area (Å²) in [5.74, 6) is 1.63. The van der Waals surface area contributed by atoms with Crippen LogP contribution < -0.4 is 5.32 Å². The van der Waals surface area contributed by atoms with Crippen molar-refractivity contribution in [1.29, 1.82) is 0 Å². The van der Waals surface area contributed by atoms with Gasteiger partial charge in [0.1, 0.15) is 16.7 Å². The van der Waals surface area contributed by atoms with Crippen molar-refractivity contribution in [1.82, 2.24) is 19.9 Å². The molecule has 0 amide bonds. The molecule has 0 aliphatic carbocycles. The maximum Gasteiger partial charge on any atom is 0.194 e. The fourth-order valence-corrected chi connectivity index (χ4v) is 2.88. The van der Waals surface area contributed by atoms with Gasteiger partial charge in [0.25, 0.3) is 0 Å². The first-order valence-electron chi connectivity index (χ1n) is 7.01. The van der Waals surface area contributed by atoms with Gasteiger partial charge in [-0.15, -0.1) is 0 Å². The number of rotatable bonds is 4. The zero-order valence-electron chi connectivity index (χ0n) is 13.4. The fraction of sp³-hybridized carbons (Fsp3) is 0.467. The van der Waals surface area contributed by atoms with Gasteiger partial charge >= 0.3 is 0 Å². The number of aromatic nitrogens is 4. The Morgan fingerprint density at radius 3 is 2.05 bits per heavy atom. The van der Waals surface area contributed by atoms with E-state index in [1.807, 2.05) is 34.6 Å². The summed E-state index contributed by atoms with van der Waals surface area (Å²) in [5.41, 5.74) is 4.20. The molecule has 2 aromatic rings. The topological polar surface area (TPSA) is 63.6 Å². The highest BCUT2D eigenvalue weighted by Gasteiger charge is 2.13. The van der Waals surface area contributed by atoms with E-state index in [0.29, 0.717) is 0 Å². The van der Waals surface area contributed by atoms with Crippen LogP contribution in [0.15, 0.2) is 10.2 Å². The second kappa shape index (κ2) is 6.39. The molecule has 0 aliphatic heterocycles. The first-order valence-corrected chi connectivity index (χ1v) is 7.82. The summed E-state index contributed by atoms with van der Waals surface area (Å²) in [7, 11) is 0. The van der Waals surface area contributed by atoms with E-state index in [9.17, 15) is 0 Å². The highest BCUT2D eigenvalue weighted by molar-refractivity contribution is 7.99. The Hall–Kier alpha value is -1.69. The summed E-state index contributed by atoms with van der Waals surface area (Å²) < 4.78 is 0. The smallest absolute Gasteiger partial charge is 0.194 e. The molecule has 1 N–H and O–H groups in total. The first kappa shape index (κ1) is 15.7. The standard InChI is InChI=1S/C15H21N5S/c1-7-16-13-9(3)14(20-12(6)19-13)21-15-17-10(4)8(2)11(5)18-15/h7H2,1-6H3,(H,16,19,20). The number of hydrogen-bond donors (Lipinski definition) is 1. The molecule has 2 heterocycles. The van der Waals surface area contributed by atoms with Gasteiger partial charge in [-0.1, -0.05) is 0 Å². The zero-order chi connectivity index (χ0) is 15.6. The molecule has 2 aromatic heterocycles. The number of nitrogens with one attached hydrogen (secondary N) is 1. The van der Waals surface area contributed by atoms with Gasteiger partial charge in [0, 0.05) is 23.5 Å². The van der Waals surface area contributed by atoms with E-state index in [1.54, 1.807) is 0 Å². The minimum atomic E-state index is 0.735. The van der Waals surface area contributed by atoms with E-state index in [1.165, 1.54) is 11.8 Å². The van der Waals surface area contributed by atoms with E-state index in [0.717, 1.165) is 50.9 Å². The molecular formula is C15H21N5S. The molecule has 0 unspecified atom stereocenters. The van der Waals surface area contributed by atoms with Crippen LogP contribution in [0.1, 0.15) is 35.3 Å². The average Bonchev–Trinajstić information content (AvgIpc) is 2.41. The maximum atomic E-state index is 4.55. The summed E-state index contributed by atoms with van der Waals surface area (Å²) in [6.45, 7) is 12.9. The largest absolute Gasteiger partial charge is 0.370 e. The Bertz CT molecular complexity index is 646. The van der Waals surface area contributed by atoms with Crippen LogP contribution in [0.4, 0.5) is 5.82 Å². The highest BCUT2D eigenvalue weighted by atomic mass is 32.2. The molecular weight excluding hydrogens is 282 g/mol. The normalized spacial score (nSPS) is 10.8. The summed E-state index contributed by atoms with van der Waals surface area (Å²) >= 11 is 1.49. The Kier molecular flexibility index (Phi) is 4.77. The van der Waals surface area contributed by atoms with Crippen molar-refractivity contribution in [2.45, 2.75) is 51.7 Å².